The summed E-state index contributed by atoms with van der Waals surface area (Å²) in [7, 11) is 0. The molecule has 0 bridgehead atoms. The number of carbonyl (C=O) groups is 1. The predicted octanol–water partition coefficient (Wildman–Crippen LogP) is 1.45. The number of hydrogen-bond donors (Lipinski definition) is 1. The van der Waals surface area contributed by atoms with Gasteiger partial charge in [0, 0.05) is 6.54 Å². The van der Waals surface area contributed by atoms with Crippen LogP contribution in [0, 0.1) is 0 Å². The molecule has 2 aliphatic rings. The fourth-order valence-electron chi connectivity index (χ4n) is 2.37. The van der Waals surface area contributed by atoms with E-state index >= 15 is 0 Å². The van der Waals surface area contributed by atoms with Crippen molar-refractivity contribution in [2.45, 2.75) is 18.8 Å². The summed E-state index contributed by atoms with van der Waals surface area (Å²) in [6.45, 7) is 1.96. The number of nitrogens with one attached hydrogen (secondary N) is 1. The quantitative estimate of drug-likeness (QED) is 0.798. The summed E-state index contributed by atoms with van der Waals surface area (Å²) >= 11 is 0. The number of carbonyl (C=O) groups excluding carboxylic acids is 1. The summed E-state index contributed by atoms with van der Waals surface area (Å²) in [5.41, 5.74) is 1.02. The molecule has 1 aromatic rings. The van der Waals surface area contributed by atoms with Crippen LogP contribution in [0.2, 0.25) is 0 Å². The Bertz CT molecular complexity index is 444. The summed E-state index contributed by atoms with van der Waals surface area (Å²) in [5.74, 6) is 1.61. The molecule has 1 aromatic carbocycles. The Hall–Kier alpha value is -1.71. The Kier molecular flexibility index (Phi) is 2.63. The molecule has 1 fully saturated rings. The zero-order chi connectivity index (χ0) is 11.7. The average molecular weight is 233 g/mol. The van der Waals surface area contributed by atoms with E-state index in [1.165, 1.54) is 0 Å². The molecule has 3 rings (SSSR count). The number of hydrogen-bond acceptors (Lipinski definition) is 3. The summed E-state index contributed by atoms with van der Waals surface area (Å²) in [6, 6.07) is 5.79. The number of benzene rings is 1. The Labute approximate surface area is 99.9 Å². The van der Waals surface area contributed by atoms with Crippen molar-refractivity contribution in [3.8, 4) is 11.5 Å². The standard InChI is InChI=1S/C13H15NO3/c15-13-10(2-1-5-14-13)9-3-4-11-12(8-9)17-7-6-16-11/h3-4,8,10H,1-2,5-7H2,(H,14,15). The maximum absolute atomic E-state index is 11.8. The minimum absolute atomic E-state index is 0.0421. The highest BCUT2D eigenvalue weighted by atomic mass is 16.6. The van der Waals surface area contributed by atoms with E-state index in [1.54, 1.807) is 0 Å². The topological polar surface area (TPSA) is 47.6 Å². The van der Waals surface area contributed by atoms with Crippen LogP contribution in [0.3, 0.4) is 0 Å². The zero-order valence-electron chi connectivity index (χ0n) is 9.57. The van der Waals surface area contributed by atoms with Crippen molar-refractivity contribution in [2.75, 3.05) is 19.8 Å². The van der Waals surface area contributed by atoms with E-state index in [4.69, 9.17) is 9.47 Å². The lowest BCUT2D eigenvalue weighted by atomic mass is 9.90. The third-order valence-electron chi connectivity index (χ3n) is 3.25. The van der Waals surface area contributed by atoms with Gasteiger partial charge in [0.05, 0.1) is 5.92 Å². The van der Waals surface area contributed by atoms with Crippen molar-refractivity contribution >= 4 is 5.91 Å². The van der Waals surface area contributed by atoms with Crippen molar-refractivity contribution in [3.63, 3.8) is 0 Å². The van der Waals surface area contributed by atoms with Gasteiger partial charge >= 0.3 is 0 Å². The molecule has 1 saturated heterocycles. The van der Waals surface area contributed by atoms with Gasteiger partial charge in [-0.15, -0.1) is 0 Å². The van der Waals surface area contributed by atoms with Crippen LogP contribution in [0.4, 0.5) is 0 Å². The lowest BCUT2D eigenvalue weighted by molar-refractivity contribution is -0.123. The van der Waals surface area contributed by atoms with E-state index in [-0.39, 0.29) is 11.8 Å². The first kappa shape index (κ1) is 10.4. The van der Waals surface area contributed by atoms with Crippen LogP contribution in [0.5, 0.6) is 11.5 Å². The highest BCUT2D eigenvalue weighted by Crippen LogP contribution is 2.34. The normalized spacial score (nSPS) is 23.1. The van der Waals surface area contributed by atoms with Gasteiger partial charge in [-0.05, 0) is 30.5 Å². The molecular formula is C13H15NO3. The number of rotatable bonds is 1. The summed E-state index contributed by atoms with van der Waals surface area (Å²) < 4.78 is 11.0. The fourth-order valence-corrected chi connectivity index (χ4v) is 2.37. The maximum atomic E-state index is 11.8. The van der Waals surface area contributed by atoms with E-state index in [2.05, 4.69) is 5.32 Å². The molecule has 4 nitrogen and oxygen atoms in total. The number of fused-ring (bicyclic) bond motifs is 1. The molecule has 0 spiro atoms. The number of piperidine rings is 1. The van der Waals surface area contributed by atoms with E-state index in [1.807, 2.05) is 18.2 Å². The molecule has 1 unspecified atom stereocenters. The molecular weight excluding hydrogens is 218 g/mol. The Morgan fingerprint density at radius 3 is 2.82 bits per heavy atom. The van der Waals surface area contributed by atoms with E-state index < -0.39 is 0 Å². The smallest absolute Gasteiger partial charge is 0.227 e. The summed E-state index contributed by atoms with van der Waals surface area (Å²) in [5, 5.41) is 2.90. The highest BCUT2D eigenvalue weighted by molar-refractivity contribution is 5.84. The van der Waals surface area contributed by atoms with Crippen LogP contribution in [-0.2, 0) is 4.79 Å². The van der Waals surface area contributed by atoms with Gasteiger partial charge in [0.25, 0.3) is 0 Å². The van der Waals surface area contributed by atoms with Gasteiger partial charge in [-0.2, -0.15) is 0 Å². The van der Waals surface area contributed by atoms with Crippen LogP contribution in [0.15, 0.2) is 18.2 Å². The monoisotopic (exact) mass is 233 g/mol. The van der Waals surface area contributed by atoms with Gasteiger partial charge in [0.2, 0.25) is 5.91 Å². The molecule has 90 valence electrons. The second-order valence-electron chi connectivity index (χ2n) is 4.39. The second kappa shape index (κ2) is 4.28. The Balaban J connectivity index is 1.89. The second-order valence-corrected chi connectivity index (χ2v) is 4.39. The van der Waals surface area contributed by atoms with Crippen LogP contribution < -0.4 is 14.8 Å². The lowest BCUT2D eigenvalue weighted by Gasteiger charge is -2.24. The minimum Gasteiger partial charge on any atom is -0.486 e. The van der Waals surface area contributed by atoms with Crippen LogP contribution in [-0.4, -0.2) is 25.7 Å². The van der Waals surface area contributed by atoms with Gasteiger partial charge in [-0.25, -0.2) is 0 Å². The van der Waals surface area contributed by atoms with E-state index in [9.17, 15) is 4.79 Å². The number of amides is 1. The molecule has 0 radical (unpaired) electrons. The van der Waals surface area contributed by atoms with Gasteiger partial charge in [-0.3, -0.25) is 4.79 Å². The predicted molar refractivity (Wildman–Crippen MR) is 62.4 cm³/mol. The minimum atomic E-state index is -0.0421. The first-order valence-corrected chi connectivity index (χ1v) is 6.02. The first-order chi connectivity index (χ1) is 8.34. The highest BCUT2D eigenvalue weighted by Gasteiger charge is 2.25. The molecule has 1 amide bonds. The van der Waals surface area contributed by atoms with E-state index in [0.29, 0.717) is 13.2 Å². The number of ether oxygens (including phenoxy) is 2. The molecule has 0 aromatic heterocycles. The van der Waals surface area contributed by atoms with Gasteiger partial charge in [-0.1, -0.05) is 6.07 Å². The molecule has 2 heterocycles. The molecule has 0 saturated carbocycles. The first-order valence-electron chi connectivity index (χ1n) is 6.02. The van der Waals surface area contributed by atoms with Crippen LogP contribution in [0.1, 0.15) is 24.3 Å². The Morgan fingerprint density at radius 1 is 1.18 bits per heavy atom. The van der Waals surface area contributed by atoms with Crippen molar-refractivity contribution in [3.05, 3.63) is 23.8 Å². The molecule has 4 heteroatoms. The third kappa shape index (κ3) is 1.95. The third-order valence-corrected chi connectivity index (χ3v) is 3.25. The van der Waals surface area contributed by atoms with Crippen LogP contribution in [0.25, 0.3) is 0 Å². The van der Waals surface area contributed by atoms with Crippen LogP contribution >= 0.6 is 0 Å². The molecule has 1 atom stereocenters. The van der Waals surface area contributed by atoms with Crippen molar-refractivity contribution in [1.29, 1.82) is 0 Å². The molecule has 2 aliphatic heterocycles. The van der Waals surface area contributed by atoms with Gasteiger partial charge in [0.1, 0.15) is 13.2 Å². The molecule has 17 heavy (non-hydrogen) atoms. The van der Waals surface area contributed by atoms with Crippen molar-refractivity contribution in [2.24, 2.45) is 0 Å². The van der Waals surface area contributed by atoms with Crippen molar-refractivity contribution < 1.29 is 14.3 Å². The fraction of sp³-hybridized carbons (Fsp3) is 0.462. The summed E-state index contributed by atoms with van der Waals surface area (Å²) in [4.78, 5) is 11.8. The average Bonchev–Trinajstić information content (AvgIpc) is 2.39. The van der Waals surface area contributed by atoms with Crippen molar-refractivity contribution in [1.82, 2.24) is 5.32 Å². The molecule has 0 aliphatic carbocycles. The van der Waals surface area contributed by atoms with Gasteiger partial charge < -0.3 is 14.8 Å². The van der Waals surface area contributed by atoms with E-state index in [0.717, 1.165) is 36.4 Å². The zero-order valence-corrected chi connectivity index (χ0v) is 9.57. The Morgan fingerprint density at radius 2 is 2.00 bits per heavy atom. The maximum Gasteiger partial charge on any atom is 0.227 e. The molecule has 1 N–H and O–H groups in total. The SMILES string of the molecule is O=C1NCCCC1c1ccc2c(c1)OCCO2. The van der Waals surface area contributed by atoms with Gasteiger partial charge in [0.15, 0.2) is 11.5 Å². The lowest BCUT2D eigenvalue weighted by Crippen LogP contribution is -2.35. The largest absolute Gasteiger partial charge is 0.486 e. The summed E-state index contributed by atoms with van der Waals surface area (Å²) in [6.07, 6.45) is 1.94.